The summed E-state index contributed by atoms with van der Waals surface area (Å²) in [6.07, 6.45) is 0.640. The molecule has 1 heterocycles. The predicted octanol–water partition coefficient (Wildman–Crippen LogP) is 2.36. The van der Waals surface area contributed by atoms with E-state index in [-0.39, 0.29) is 16.7 Å². The van der Waals surface area contributed by atoms with Gasteiger partial charge in [0.25, 0.3) is 0 Å². The minimum Gasteiger partial charge on any atom is -0.508 e. The molecule has 1 atom stereocenters. The molecule has 0 fully saturated rings. The fourth-order valence-electron chi connectivity index (χ4n) is 1.79. The first-order chi connectivity index (χ1) is 8.97. The van der Waals surface area contributed by atoms with Crippen molar-refractivity contribution in [3.05, 3.63) is 46.7 Å². The van der Waals surface area contributed by atoms with Crippen LogP contribution in [0.3, 0.4) is 0 Å². The van der Waals surface area contributed by atoms with E-state index in [9.17, 15) is 13.5 Å². The summed E-state index contributed by atoms with van der Waals surface area (Å²) in [6.45, 7) is 1.82. The molecule has 1 unspecified atom stereocenters. The van der Waals surface area contributed by atoms with Crippen LogP contribution in [0.25, 0.3) is 0 Å². The number of sulfonamides is 1. The minimum atomic E-state index is -3.59. The third-order valence-electron chi connectivity index (χ3n) is 2.61. The van der Waals surface area contributed by atoms with E-state index >= 15 is 0 Å². The van der Waals surface area contributed by atoms with Gasteiger partial charge in [-0.3, -0.25) is 0 Å². The van der Waals surface area contributed by atoms with Crippen molar-refractivity contribution in [2.75, 3.05) is 0 Å². The molecule has 0 aliphatic heterocycles. The highest BCUT2D eigenvalue weighted by molar-refractivity contribution is 7.89. The molecule has 0 aliphatic rings. The van der Waals surface area contributed by atoms with E-state index in [1.54, 1.807) is 11.3 Å². The largest absolute Gasteiger partial charge is 0.508 e. The van der Waals surface area contributed by atoms with Gasteiger partial charge in [-0.2, -0.15) is 11.3 Å². The summed E-state index contributed by atoms with van der Waals surface area (Å²) in [6, 6.07) is 7.41. The van der Waals surface area contributed by atoms with Crippen LogP contribution in [0.1, 0.15) is 12.5 Å². The molecule has 0 amide bonds. The van der Waals surface area contributed by atoms with Gasteiger partial charge in [0.05, 0.1) is 4.90 Å². The molecular formula is C13H15NO3S2. The second kappa shape index (κ2) is 5.73. The van der Waals surface area contributed by atoms with Crippen molar-refractivity contribution < 1.29 is 13.5 Å². The molecule has 0 saturated carbocycles. The standard InChI is InChI=1S/C13H15NO3S2/c1-10(7-11-5-6-18-9-11)14-19(16,17)13-4-2-3-12(15)8-13/h2-6,8-10,14-15H,7H2,1H3. The second-order valence-corrected chi connectivity index (χ2v) is 6.85. The SMILES string of the molecule is CC(Cc1ccsc1)NS(=O)(=O)c1cccc(O)c1. The van der Waals surface area contributed by atoms with Gasteiger partial charge in [0, 0.05) is 6.04 Å². The van der Waals surface area contributed by atoms with Crippen LogP contribution in [-0.4, -0.2) is 19.6 Å². The summed E-state index contributed by atoms with van der Waals surface area (Å²) in [5.41, 5.74) is 1.11. The van der Waals surface area contributed by atoms with Crippen LogP contribution < -0.4 is 4.72 Å². The lowest BCUT2D eigenvalue weighted by atomic mass is 10.1. The molecule has 4 nitrogen and oxygen atoms in total. The Morgan fingerprint density at radius 1 is 1.37 bits per heavy atom. The van der Waals surface area contributed by atoms with Crippen LogP contribution in [0.4, 0.5) is 0 Å². The Labute approximate surface area is 116 Å². The van der Waals surface area contributed by atoms with Crippen molar-refractivity contribution in [3.63, 3.8) is 0 Å². The maximum Gasteiger partial charge on any atom is 0.240 e. The number of nitrogens with one attached hydrogen (secondary N) is 1. The minimum absolute atomic E-state index is 0.0617. The number of phenols is 1. The van der Waals surface area contributed by atoms with Crippen LogP contribution >= 0.6 is 11.3 Å². The Balaban J connectivity index is 2.09. The lowest BCUT2D eigenvalue weighted by molar-refractivity contribution is 0.473. The van der Waals surface area contributed by atoms with E-state index < -0.39 is 10.0 Å². The highest BCUT2D eigenvalue weighted by atomic mass is 32.2. The molecule has 0 spiro atoms. The van der Waals surface area contributed by atoms with Gasteiger partial charge >= 0.3 is 0 Å². The van der Waals surface area contributed by atoms with Crippen molar-refractivity contribution in [2.24, 2.45) is 0 Å². The molecular weight excluding hydrogens is 282 g/mol. The van der Waals surface area contributed by atoms with Crippen LogP contribution in [-0.2, 0) is 16.4 Å². The highest BCUT2D eigenvalue weighted by Gasteiger charge is 2.17. The van der Waals surface area contributed by atoms with Crippen molar-refractivity contribution >= 4 is 21.4 Å². The number of thiophene rings is 1. The first-order valence-corrected chi connectivity index (χ1v) is 8.22. The van der Waals surface area contributed by atoms with E-state index in [1.807, 2.05) is 23.8 Å². The summed E-state index contributed by atoms with van der Waals surface area (Å²) < 4.78 is 26.8. The van der Waals surface area contributed by atoms with E-state index in [0.29, 0.717) is 6.42 Å². The van der Waals surface area contributed by atoms with Crippen molar-refractivity contribution in [2.45, 2.75) is 24.3 Å². The third kappa shape index (κ3) is 3.79. The maximum atomic E-state index is 12.1. The lowest BCUT2D eigenvalue weighted by Gasteiger charge is -2.13. The van der Waals surface area contributed by atoms with Gasteiger partial charge in [-0.1, -0.05) is 6.07 Å². The maximum absolute atomic E-state index is 12.1. The summed E-state index contributed by atoms with van der Waals surface area (Å²) >= 11 is 1.59. The predicted molar refractivity (Wildman–Crippen MR) is 75.9 cm³/mol. The quantitative estimate of drug-likeness (QED) is 0.890. The normalized spacial score (nSPS) is 13.3. The van der Waals surface area contributed by atoms with Crippen molar-refractivity contribution in [1.82, 2.24) is 4.72 Å². The zero-order valence-electron chi connectivity index (χ0n) is 10.4. The molecule has 1 aromatic carbocycles. The van der Waals surface area contributed by atoms with Gasteiger partial charge < -0.3 is 5.11 Å². The average Bonchev–Trinajstić information content (AvgIpc) is 2.81. The Kier molecular flexibility index (Phi) is 4.24. The fourth-order valence-corrected chi connectivity index (χ4v) is 3.75. The average molecular weight is 297 g/mol. The smallest absolute Gasteiger partial charge is 0.240 e. The van der Waals surface area contributed by atoms with Gasteiger partial charge in [-0.15, -0.1) is 0 Å². The Morgan fingerprint density at radius 3 is 2.79 bits per heavy atom. The zero-order chi connectivity index (χ0) is 13.9. The number of benzene rings is 1. The molecule has 102 valence electrons. The van der Waals surface area contributed by atoms with Crippen molar-refractivity contribution in [3.8, 4) is 5.75 Å². The number of hydrogen-bond acceptors (Lipinski definition) is 4. The molecule has 2 rings (SSSR count). The second-order valence-electron chi connectivity index (χ2n) is 4.36. The van der Waals surface area contributed by atoms with Gasteiger partial charge in [-0.25, -0.2) is 13.1 Å². The molecule has 19 heavy (non-hydrogen) atoms. The van der Waals surface area contributed by atoms with Crippen LogP contribution in [0.2, 0.25) is 0 Å². The van der Waals surface area contributed by atoms with E-state index in [4.69, 9.17) is 0 Å². The van der Waals surface area contributed by atoms with Crippen LogP contribution in [0, 0.1) is 0 Å². The van der Waals surface area contributed by atoms with Crippen LogP contribution in [0.5, 0.6) is 5.75 Å². The lowest BCUT2D eigenvalue weighted by Crippen LogP contribution is -2.33. The number of hydrogen-bond donors (Lipinski definition) is 2. The summed E-state index contributed by atoms with van der Waals surface area (Å²) in [7, 11) is -3.59. The number of rotatable bonds is 5. The first kappa shape index (κ1) is 14.0. The van der Waals surface area contributed by atoms with E-state index in [0.717, 1.165) is 5.56 Å². The summed E-state index contributed by atoms with van der Waals surface area (Å²) in [5, 5.41) is 13.3. The number of aromatic hydroxyl groups is 1. The third-order valence-corrected chi connectivity index (χ3v) is 4.93. The van der Waals surface area contributed by atoms with E-state index in [2.05, 4.69) is 4.72 Å². The topological polar surface area (TPSA) is 66.4 Å². The monoisotopic (exact) mass is 297 g/mol. The fraction of sp³-hybridized carbons (Fsp3) is 0.231. The molecule has 2 aromatic rings. The summed E-state index contributed by atoms with van der Waals surface area (Å²) in [5.74, 6) is -0.0617. The highest BCUT2D eigenvalue weighted by Crippen LogP contribution is 2.16. The molecule has 0 saturated heterocycles. The number of phenolic OH excluding ortho intramolecular Hbond substituents is 1. The van der Waals surface area contributed by atoms with Gasteiger partial charge in [0.15, 0.2) is 0 Å². The Morgan fingerprint density at radius 2 is 2.16 bits per heavy atom. The van der Waals surface area contributed by atoms with E-state index in [1.165, 1.54) is 24.3 Å². The first-order valence-electron chi connectivity index (χ1n) is 5.80. The van der Waals surface area contributed by atoms with Gasteiger partial charge in [0.2, 0.25) is 10.0 Å². The van der Waals surface area contributed by atoms with Crippen molar-refractivity contribution in [1.29, 1.82) is 0 Å². The van der Waals surface area contributed by atoms with Gasteiger partial charge in [-0.05, 0) is 53.9 Å². The molecule has 0 aliphatic carbocycles. The van der Waals surface area contributed by atoms with Gasteiger partial charge in [0.1, 0.15) is 5.75 Å². The Hall–Kier alpha value is -1.37. The molecule has 2 N–H and O–H groups in total. The molecule has 6 heteroatoms. The van der Waals surface area contributed by atoms with Crippen LogP contribution in [0.15, 0.2) is 46.0 Å². The molecule has 1 aromatic heterocycles. The Bertz CT molecular complexity index is 636. The molecule has 0 radical (unpaired) electrons. The molecule has 0 bridgehead atoms. The zero-order valence-corrected chi connectivity index (χ0v) is 12.0. The summed E-state index contributed by atoms with van der Waals surface area (Å²) in [4.78, 5) is 0.0738.